The lowest BCUT2D eigenvalue weighted by atomic mass is 9.88. The van der Waals surface area contributed by atoms with Gasteiger partial charge in [0.1, 0.15) is 5.41 Å². The van der Waals surface area contributed by atoms with Crippen molar-refractivity contribution in [2.45, 2.75) is 57.4 Å². The number of carbonyl (C=O) groups is 3. The molecule has 8 heteroatoms. The summed E-state index contributed by atoms with van der Waals surface area (Å²) in [6, 6.07) is 0.0930. The number of carboxylic acid groups (broad SMARTS) is 1. The molecule has 3 N–H and O–H groups in total. The lowest BCUT2D eigenvalue weighted by Gasteiger charge is -2.24. The zero-order valence-electron chi connectivity index (χ0n) is 15.6. The van der Waals surface area contributed by atoms with E-state index in [2.05, 4.69) is 10.6 Å². The first-order valence-electron chi connectivity index (χ1n) is 9.51. The van der Waals surface area contributed by atoms with Crippen molar-refractivity contribution in [2.24, 2.45) is 5.41 Å². The van der Waals surface area contributed by atoms with E-state index in [1.165, 1.54) is 13.5 Å². The van der Waals surface area contributed by atoms with Gasteiger partial charge in [-0.05, 0) is 25.7 Å². The van der Waals surface area contributed by atoms with Crippen LogP contribution in [-0.2, 0) is 14.3 Å². The molecule has 1 saturated heterocycles. The number of urea groups is 1. The number of methoxy groups -OCH3 is 1. The molecule has 0 spiro atoms. The Morgan fingerprint density at radius 1 is 1.23 bits per heavy atom. The van der Waals surface area contributed by atoms with E-state index in [4.69, 9.17) is 4.74 Å². The molecule has 1 aliphatic heterocycles. The molecule has 1 heterocycles. The Labute approximate surface area is 154 Å². The van der Waals surface area contributed by atoms with Crippen LogP contribution >= 0.6 is 0 Å². The van der Waals surface area contributed by atoms with Gasteiger partial charge in [-0.25, -0.2) is 4.79 Å². The van der Waals surface area contributed by atoms with Gasteiger partial charge in [-0.3, -0.25) is 9.59 Å². The van der Waals surface area contributed by atoms with Gasteiger partial charge in [0.05, 0.1) is 6.61 Å². The van der Waals surface area contributed by atoms with Gasteiger partial charge >= 0.3 is 12.0 Å². The Balaban J connectivity index is 1.64. The van der Waals surface area contributed by atoms with E-state index in [1.54, 1.807) is 4.90 Å². The van der Waals surface area contributed by atoms with E-state index in [1.807, 2.05) is 0 Å². The SMILES string of the molecule is COCC1(C(=O)O)CCN(C(=O)CCCNC(=O)NC2CCCCC2)C1. The number of likely N-dealkylation sites (tertiary alicyclic amines) is 1. The minimum absolute atomic E-state index is 0.0706. The van der Waals surface area contributed by atoms with Gasteiger partial charge < -0.3 is 25.4 Å². The average Bonchev–Trinajstić information content (AvgIpc) is 3.05. The first kappa shape index (κ1) is 20.5. The molecule has 0 aromatic carbocycles. The number of nitrogens with zero attached hydrogens (tertiary/aromatic N) is 1. The largest absolute Gasteiger partial charge is 0.481 e. The third kappa shape index (κ3) is 5.59. The molecule has 0 bridgehead atoms. The van der Waals surface area contributed by atoms with Gasteiger partial charge in [0.2, 0.25) is 5.91 Å². The summed E-state index contributed by atoms with van der Waals surface area (Å²) in [6.07, 6.45) is 6.88. The Hall–Kier alpha value is -1.83. The van der Waals surface area contributed by atoms with Gasteiger partial charge in [0.15, 0.2) is 0 Å². The lowest BCUT2D eigenvalue weighted by molar-refractivity contribution is -0.151. The van der Waals surface area contributed by atoms with Crippen LogP contribution < -0.4 is 10.6 Å². The lowest BCUT2D eigenvalue weighted by Crippen LogP contribution is -2.43. The van der Waals surface area contributed by atoms with E-state index < -0.39 is 11.4 Å². The quantitative estimate of drug-likeness (QED) is 0.560. The van der Waals surface area contributed by atoms with Crippen molar-refractivity contribution in [2.75, 3.05) is 33.4 Å². The van der Waals surface area contributed by atoms with Crippen molar-refractivity contribution < 1.29 is 24.2 Å². The van der Waals surface area contributed by atoms with Gasteiger partial charge in [0, 0.05) is 39.2 Å². The van der Waals surface area contributed by atoms with Crippen LogP contribution in [0, 0.1) is 5.41 Å². The molecule has 26 heavy (non-hydrogen) atoms. The van der Waals surface area contributed by atoms with Crippen molar-refractivity contribution in [1.29, 1.82) is 0 Å². The first-order valence-corrected chi connectivity index (χ1v) is 9.51. The highest BCUT2D eigenvalue weighted by atomic mass is 16.5. The molecule has 2 aliphatic rings. The van der Waals surface area contributed by atoms with Crippen LogP contribution in [0.3, 0.4) is 0 Å². The van der Waals surface area contributed by atoms with Crippen molar-refractivity contribution in [1.82, 2.24) is 15.5 Å². The predicted octanol–water partition coefficient (Wildman–Crippen LogP) is 1.35. The number of carboxylic acids is 1. The number of amides is 3. The van der Waals surface area contributed by atoms with E-state index in [0.29, 0.717) is 32.4 Å². The predicted molar refractivity (Wildman–Crippen MR) is 95.8 cm³/mol. The maximum absolute atomic E-state index is 12.3. The third-order valence-corrected chi connectivity index (χ3v) is 5.37. The molecule has 0 aromatic rings. The molecule has 1 unspecified atom stereocenters. The average molecular weight is 369 g/mol. The van der Waals surface area contributed by atoms with Crippen LogP contribution in [0.25, 0.3) is 0 Å². The van der Waals surface area contributed by atoms with E-state index in [-0.39, 0.29) is 31.1 Å². The van der Waals surface area contributed by atoms with Gasteiger partial charge in [-0.1, -0.05) is 19.3 Å². The number of rotatable bonds is 8. The highest BCUT2D eigenvalue weighted by Crippen LogP contribution is 2.31. The number of hydrogen-bond acceptors (Lipinski definition) is 4. The Morgan fingerprint density at radius 2 is 1.96 bits per heavy atom. The van der Waals surface area contributed by atoms with Crippen LogP contribution in [0.2, 0.25) is 0 Å². The topological polar surface area (TPSA) is 108 Å². The molecule has 3 amide bonds. The summed E-state index contributed by atoms with van der Waals surface area (Å²) < 4.78 is 5.03. The van der Waals surface area contributed by atoms with E-state index in [9.17, 15) is 19.5 Å². The fraction of sp³-hybridized carbons (Fsp3) is 0.833. The molecule has 1 aliphatic carbocycles. The van der Waals surface area contributed by atoms with Crippen molar-refractivity contribution in [3.8, 4) is 0 Å². The maximum atomic E-state index is 12.3. The van der Waals surface area contributed by atoms with Crippen molar-refractivity contribution in [3.05, 3.63) is 0 Å². The third-order valence-electron chi connectivity index (χ3n) is 5.37. The second-order valence-electron chi connectivity index (χ2n) is 7.42. The van der Waals surface area contributed by atoms with Crippen LogP contribution in [0.5, 0.6) is 0 Å². The minimum Gasteiger partial charge on any atom is -0.481 e. The summed E-state index contributed by atoms with van der Waals surface area (Å²) in [5.41, 5.74) is -0.997. The normalized spacial score (nSPS) is 23.7. The van der Waals surface area contributed by atoms with Crippen LogP contribution in [0.4, 0.5) is 4.79 Å². The van der Waals surface area contributed by atoms with Crippen LogP contribution in [0.1, 0.15) is 51.4 Å². The number of hydrogen-bond donors (Lipinski definition) is 3. The van der Waals surface area contributed by atoms with E-state index in [0.717, 1.165) is 25.7 Å². The first-order chi connectivity index (χ1) is 12.5. The maximum Gasteiger partial charge on any atom is 0.315 e. The van der Waals surface area contributed by atoms with Gasteiger partial charge in [0.25, 0.3) is 0 Å². The highest BCUT2D eigenvalue weighted by molar-refractivity contribution is 5.81. The van der Waals surface area contributed by atoms with Crippen LogP contribution in [-0.4, -0.2) is 67.3 Å². The summed E-state index contributed by atoms with van der Waals surface area (Å²) >= 11 is 0. The van der Waals surface area contributed by atoms with Crippen molar-refractivity contribution >= 4 is 17.9 Å². The summed E-state index contributed by atoms with van der Waals surface area (Å²) in [7, 11) is 1.47. The molecular weight excluding hydrogens is 338 g/mol. The Kier molecular flexibility index (Phi) is 7.68. The van der Waals surface area contributed by atoms with Gasteiger partial charge in [-0.15, -0.1) is 0 Å². The second kappa shape index (κ2) is 9.75. The molecule has 148 valence electrons. The molecule has 2 fully saturated rings. The standard InChI is InChI=1S/C18H31N3O5/c1-26-13-18(16(23)24)9-11-21(12-18)15(22)8-5-10-19-17(25)20-14-6-3-2-4-7-14/h14H,2-13H2,1H3,(H,23,24)(H2,19,20,25). The molecule has 0 radical (unpaired) electrons. The number of aliphatic carboxylic acids is 1. The number of carbonyl (C=O) groups excluding carboxylic acids is 2. The molecule has 2 rings (SSSR count). The monoisotopic (exact) mass is 369 g/mol. The Morgan fingerprint density at radius 3 is 2.62 bits per heavy atom. The van der Waals surface area contributed by atoms with Crippen molar-refractivity contribution in [3.63, 3.8) is 0 Å². The Bertz CT molecular complexity index is 507. The molecule has 0 aromatic heterocycles. The number of nitrogens with one attached hydrogen (secondary N) is 2. The fourth-order valence-corrected chi connectivity index (χ4v) is 3.80. The zero-order chi connectivity index (χ0) is 19.0. The molecular formula is C18H31N3O5. The summed E-state index contributed by atoms with van der Waals surface area (Å²) in [6.45, 7) is 1.16. The van der Waals surface area contributed by atoms with Crippen LogP contribution in [0.15, 0.2) is 0 Å². The van der Waals surface area contributed by atoms with Gasteiger partial charge in [-0.2, -0.15) is 0 Å². The molecule has 1 saturated carbocycles. The zero-order valence-corrected chi connectivity index (χ0v) is 15.6. The molecule has 1 atom stereocenters. The summed E-state index contributed by atoms with van der Waals surface area (Å²) in [4.78, 5) is 37.2. The summed E-state index contributed by atoms with van der Waals surface area (Å²) in [5.74, 6) is -0.991. The highest BCUT2D eigenvalue weighted by Gasteiger charge is 2.46. The smallest absolute Gasteiger partial charge is 0.315 e. The minimum atomic E-state index is -0.997. The summed E-state index contributed by atoms with van der Waals surface area (Å²) in [5, 5.41) is 15.2. The fourth-order valence-electron chi connectivity index (χ4n) is 3.80. The van der Waals surface area contributed by atoms with E-state index >= 15 is 0 Å². The second-order valence-corrected chi connectivity index (χ2v) is 7.42. The number of ether oxygens (including phenoxy) is 1. The molecule has 8 nitrogen and oxygen atoms in total.